The van der Waals surface area contributed by atoms with Gasteiger partial charge in [-0.2, -0.15) is 0 Å². The van der Waals surface area contributed by atoms with Crippen molar-refractivity contribution in [3.8, 4) is 0 Å². The van der Waals surface area contributed by atoms with Crippen LogP contribution in [0.15, 0.2) is 18.2 Å². The van der Waals surface area contributed by atoms with Gasteiger partial charge in [0.25, 0.3) is 0 Å². The zero-order valence-electron chi connectivity index (χ0n) is 11.7. The molecular weight excluding hydrogens is 249 g/mol. The van der Waals surface area contributed by atoms with Crippen LogP contribution >= 0.6 is 11.6 Å². The van der Waals surface area contributed by atoms with Crippen LogP contribution < -0.4 is 5.32 Å². The van der Waals surface area contributed by atoms with Crippen molar-refractivity contribution in [3.63, 3.8) is 0 Å². The van der Waals surface area contributed by atoms with Gasteiger partial charge in [0.1, 0.15) is 5.82 Å². The first kappa shape index (κ1) is 15.5. The Morgan fingerprint density at radius 2 is 2.00 bits per heavy atom. The van der Waals surface area contributed by atoms with Crippen LogP contribution in [-0.4, -0.2) is 6.54 Å². The van der Waals surface area contributed by atoms with Crippen molar-refractivity contribution >= 4 is 11.6 Å². The standard InChI is InChI=1S/C15H23ClFN/c1-5-18-14(8-9-15(2,3)4)11-6-7-12(16)13(17)10-11/h6-7,10,14,18H,5,8-9H2,1-4H3. The Morgan fingerprint density at radius 3 is 2.50 bits per heavy atom. The SMILES string of the molecule is CCNC(CCC(C)(C)C)c1ccc(Cl)c(F)c1. The Balaban J connectivity index is 2.80. The summed E-state index contributed by atoms with van der Waals surface area (Å²) in [7, 11) is 0. The van der Waals surface area contributed by atoms with Gasteiger partial charge in [0, 0.05) is 6.04 Å². The largest absolute Gasteiger partial charge is 0.310 e. The molecule has 1 unspecified atom stereocenters. The van der Waals surface area contributed by atoms with Gasteiger partial charge in [0.05, 0.1) is 5.02 Å². The molecule has 0 bridgehead atoms. The second kappa shape index (κ2) is 6.53. The fourth-order valence-corrected chi connectivity index (χ4v) is 2.06. The summed E-state index contributed by atoms with van der Waals surface area (Å²) < 4.78 is 13.5. The highest BCUT2D eigenvalue weighted by atomic mass is 35.5. The first-order chi connectivity index (χ1) is 8.33. The van der Waals surface area contributed by atoms with Gasteiger partial charge in [-0.3, -0.25) is 0 Å². The molecule has 1 rings (SSSR count). The topological polar surface area (TPSA) is 12.0 Å². The van der Waals surface area contributed by atoms with Gasteiger partial charge in [-0.25, -0.2) is 4.39 Å². The zero-order valence-corrected chi connectivity index (χ0v) is 12.4. The maximum absolute atomic E-state index is 13.5. The predicted octanol–water partition coefficient (Wildman–Crippen LogP) is 4.96. The molecule has 1 atom stereocenters. The number of hydrogen-bond donors (Lipinski definition) is 1. The summed E-state index contributed by atoms with van der Waals surface area (Å²) in [6, 6.07) is 5.27. The van der Waals surface area contributed by atoms with Crippen molar-refractivity contribution < 1.29 is 4.39 Å². The first-order valence-corrected chi connectivity index (χ1v) is 6.89. The molecule has 1 N–H and O–H groups in total. The number of nitrogens with one attached hydrogen (secondary N) is 1. The average molecular weight is 272 g/mol. The lowest BCUT2D eigenvalue weighted by Gasteiger charge is -2.24. The van der Waals surface area contributed by atoms with Gasteiger partial charge < -0.3 is 5.32 Å². The van der Waals surface area contributed by atoms with E-state index < -0.39 is 0 Å². The zero-order chi connectivity index (χ0) is 13.8. The molecule has 0 saturated carbocycles. The van der Waals surface area contributed by atoms with E-state index in [0.29, 0.717) is 5.41 Å². The van der Waals surface area contributed by atoms with E-state index in [1.54, 1.807) is 12.1 Å². The number of hydrogen-bond acceptors (Lipinski definition) is 1. The van der Waals surface area contributed by atoms with Crippen molar-refractivity contribution in [1.82, 2.24) is 5.32 Å². The van der Waals surface area contributed by atoms with Gasteiger partial charge in [-0.15, -0.1) is 0 Å². The minimum Gasteiger partial charge on any atom is -0.310 e. The van der Waals surface area contributed by atoms with Crippen molar-refractivity contribution in [1.29, 1.82) is 0 Å². The summed E-state index contributed by atoms with van der Waals surface area (Å²) in [4.78, 5) is 0. The van der Waals surface area contributed by atoms with Crippen LogP contribution in [0, 0.1) is 11.2 Å². The third-order valence-electron chi connectivity index (χ3n) is 2.98. The lowest BCUT2D eigenvalue weighted by molar-refractivity contribution is 0.333. The van der Waals surface area contributed by atoms with Crippen molar-refractivity contribution in [3.05, 3.63) is 34.6 Å². The molecule has 1 nitrogen and oxygen atoms in total. The summed E-state index contributed by atoms with van der Waals surface area (Å²) in [5.41, 5.74) is 1.27. The fraction of sp³-hybridized carbons (Fsp3) is 0.600. The smallest absolute Gasteiger partial charge is 0.142 e. The summed E-state index contributed by atoms with van der Waals surface area (Å²) in [5.74, 6) is -0.340. The molecule has 1 aromatic carbocycles. The van der Waals surface area contributed by atoms with Crippen molar-refractivity contribution in [2.45, 2.75) is 46.6 Å². The molecule has 0 aliphatic heterocycles. The second-order valence-corrected chi connectivity index (χ2v) is 6.29. The molecule has 1 aromatic rings. The molecule has 0 heterocycles. The van der Waals surface area contributed by atoms with E-state index in [0.717, 1.165) is 24.9 Å². The third-order valence-corrected chi connectivity index (χ3v) is 3.29. The summed E-state index contributed by atoms with van der Waals surface area (Å²) in [5, 5.41) is 3.59. The van der Waals surface area contributed by atoms with E-state index in [4.69, 9.17) is 11.6 Å². The minimum atomic E-state index is -0.340. The minimum absolute atomic E-state index is 0.185. The Kier molecular flexibility index (Phi) is 5.61. The van der Waals surface area contributed by atoms with Gasteiger partial charge in [-0.05, 0) is 42.5 Å². The highest BCUT2D eigenvalue weighted by Gasteiger charge is 2.17. The van der Waals surface area contributed by atoms with Gasteiger partial charge in [0.2, 0.25) is 0 Å². The molecule has 0 saturated heterocycles. The Hall–Kier alpha value is -0.600. The lowest BCUT2D eigenvalue weighted by Crippen LogP contribution is -2.22. The van der Waals surface area contributed by atoms with Gasteiger partial charge >= 0.3 is 0 Å². The monoisotopic (exact) mass is 271 g/mol. The van der Waals surface area contributed by atoms with Crippen LogP contribution in [0.1, 0.15) is 52.1 Å². The van der Waals surface area contributed by atoms with Crippen LogP contribution in [0.4, 0.5) is 4.39 Å². The Labute approximate surface area is 115 Å². The number of halogens is 2. The lowest BCUT2D eigenvalue weighted by atomic mass is 9.87. The fourth-order valence-electron chi connectivity index (χ4n) is 1.94. The van der Waals surface area contributed by atoms with Crippen LogP contribution in [0.3, 0.4) is 0 Å². The van der Waals surface area contributed by atoms with Crippen LogP contribution in [0.25, 0.3) is 0 Å². The van der Waals surface area contributed by atoms with Crippen LogP contribution in [0.2, 0.25) is 5.02 Å². The molecule has 0 aliphatic rings. The Morgan fingerprint density at radius 1 is 1.33 bits per heavy atom. The van der Waals surface area contributed by atoms with E-state index >= 15 is 0 Å². The number of rotatable bonds is 5. The molecular formula is C15H23ClFN. The van der Waals surface area contributed by atoms with Crippen molar-refractivity contribution in [2.75, 3.05) is 6.54 Å². The van der Waals surface area contributed by atoms with Crippen LogP contribution in [0.5, 0.6) is 0 Å². The van der Waals surface area contributed by atoms with E-state index in [1.165, 1.54) is 0 Å². The highest BCUT2D eigenvalue weighted by Crippen LogP contribution is 2.28. The molecule has 18 heavy (non-hydrogen) atoms. The van der Waals surface area contributed by atoms with E-state index in [1.807, 2.05) is 6.07 Å². The van der Waals surface area contributed by atoms with Crippen molar-refractivity contribution in [2.24, 2.45) is 5.41 Å². The maximum atomic E-state index is 13.5. The third kappa shape index (κ3) is 4.95. The quantitative estimate of drug-likeness (QED) is 0.798. The summed E-state index contributed by atoms with van der Waals surface area (Å²) >= 11 is 5.72. The average Bonchev–Trinajstić information content (AvgIpc) is 2.27. The molecule has 0 aromatic heterocycles. The summed E-state index contributed by atoms with van der Waals surface area (Å²) in [6.07, 6.45) is 2.09. The Bertz CT molecular complexity index is 385. The second-order valence-electron chi connectivity index (χ2n) is 5.88. The molecule has 102 valence electrons. The molecule has 0 amide bonds. The molecule has 0 aliphatic carbocycles. The van der Waals surface area contributed by atoms with E-state index in [9.17, 15) is 4.39 Å². The summed E-state index contributed by atoms with van der Waals surface area (Å²) in [6.45, 7) is 9.60. The highest BCUT2D eigenvalue weighted by molar-refractivity contribution is 6.30. The normalized spacial score (nSPS) is 13.7. The molecule has 3 heteroatoms. The van der Waals surface area contributed by atoms with E-state index in [-0.39, 0.29) is 16.9 Å². The first-order valence-electron chi connectivity index (χ1n) is 6.52. The molecule has 0 radical (unpaired) electrons. The van der Waals surface area contributed by atoms with Gasteiger partial charge in [-0.1, -0.05) is 45.4 Å². The van der Waals surface area contributed by atoms with E-state index in [2.05, 4.69) is 33.0 Å². The number of benzene rings is 1. The predicted molar refractivity (Wildman–Crippen MR) is 76.5 cm³/mol. The van der Waals surface area contributed by atoms with Gasteiger partial charge in [0.15, 0.2) is 0 Å². The molecule has 0 fully saturated rings. The molecule has 0 spiro atoms. The van der Waals surface area contributed by atoms with Crippen LogP contribution in [-0.2, 0) is 0 Å². The maximum Gasteiger partial charge on any atom is 0.142 e.